The van der Waals surface area contributed by atoms with Gasteiger partial charge in [0, 0.05) is 41.8 Å². The molecule has 0 saturated carbocycles. The molecule has 1 fully saturated rings. The van der Waals surface area contributed by atoms with Gasteiger partial charge in [0.2, 0.25) is 0 Å². The van der Waals surface area contributed by atoms with Crippen molar-refractivity contribution >= 4 is 27.5 Å². The van der Waals surface area contributed by atoms with E-state index in [0.29, 0.717) is 21.2 Å². The van der Waals surface area contributed by atoms with Crippen LogP contribution in [0.5, 0.6) is 0 Å². The number of hydrogen-bond acceptors (Lipinski definition) is 9. The second kappa shape index (κ2) is 9.39. The van der Waals surface area contributed by atoms with Gasteiger partial charge in [-0.15, -0.1) is 11.3 Å². The molecule has 1 amide bonds. The predicted molar refractivity (Wildman–Crippen MR) is 144 cm³/mol. The van der Waals surface area contributed by atoms with Crippen LogP contribution in [0.15, 0.2) is 26.6 Å². The number of rotatable bonds is 5. The number of aliphatic hydroxyl groups is 1. The van der Waals surface area contributed by atoms with E-state index in [1.54, 1.807) is 17.7 Å². The van der Waals surface area contributed by atoms with Crippen molar-refractivity contribution in [2.45, 2.75) is 52.7 Å². The summed E-state index contributed by atoms with van der Waals surface area (Å²) < 4.78 is 4.10. The number of aromatic nitrogens is 6. The van der Waals surface area contributed by atoms with Crippen LogP contribution in [0.1, 0.15) is 59.0 Å². The van der Waals surface area contributed by atoms with Gasteiger partial charge in [-0.25, -0.2) is 24.3 Å². The second-order valence-electron chi connectivity index (χ2n) is 10.3. The van der Waals surface area contributed by atoms with Crippen LogP contribution in [0.2, 0.25) is 0 Å². The Bertz CT molecular complexity index is 1810. The highest BCUT2D eigenvalue weighted by atomic mass is 32.1. The lowest BCUT2D eigenvalue weighted by Crippen LogP contribution is -2.39. The number of nitrogens with one attached hydrogen (secondary N) is 1. The Kier molecular flexibility index (Phi) is 6.44. The van der Waals surface area contributed by atoms with E-state index < -0.39 is 28.4 Å². The largest absolute Gasteiger partial charge is 0.386 e. The van der Waals surface area contributed by atoms with Crippen LogP contribution < -0.4 is 16.9 Å². The molecule has 1 saturated heterocycles. The number of amides is 1. The summed E-state index contributed by atoms with van der Waals surface area (Å²) in [5, 5.41) is 16.2. The Labute approximate surface area is 225 Å². The Morgan fingerprint density at radius 3 is 2.62 bits per heavy atom. The van der Waals surface area contributed by atoms with Gasteiger partial charge in [0.15, 0.2) is 0 Å². The SMILES string of the molecule is Cc1nn(-c2ccnc(=O)[nH]2)c(C)c1Cc1sc2c(c1C(=O)N1C[C@](C)(O)CO1)c(=O)n(C)c(=O)n2C(C)C. The van der Waals surface area contributed by atoms with E-state index in [9.17, 15) is 24.3 Å². The van der Waals surface area contributed by atoms with Crippen molar-refractivity contribution in [1.29, 1.82) is 0 Å². The lowest BCUT2D eigenvalue weighted by Gasteiger charge is -2.17. The van der Waals surface area contributed by atoms with Gasteiger partial charge in [0.25, 0.3) is 11.5 Å². The molecule has 4 aromatic heterocycles. The molecule has 14 heteroatoms. The van der Waals surface area contributed by atoms with Crippen LogP contribution in [0.3, 0.4) is 0 Å². The highest BCUT2D eigenvalue weighted by Gasteiger charge is 2.39. The fraction of sp³-hybridized carbons (Fsp3) is 0.440. The smallest absolute Gasteiger partial charge is 0.346 e. The molecule has 5 heterocycles. The number of aryl methyl sites for hydroxylation is 1. The molecule has 0 aromatic carbocycles. The third kappa shape index (κ3) is 4.43. The first-order valence-corrected chi connectivity index (χ1v) is 13.2. The normalized spacial score (nSPS) is 17.6. The molecule has 39 heavy (non-hydrogen) atoms. The van der Waals surface area contributed by atoms with Crippen LogP contribution in [-0.2, 0) is 18.3 Å². The Balaban J connectivity index is 1.74. The number of thiophene rings is 1. The summed E-state index contributed by atoms with van der Waals surface area (Å²) in [5.41, 5.74) is -0.496. The van der Waals surface area contributed by atoms with Crippen LogP contribution in [0.4, 0.5) is 0 Å². The molecule has 1 aliphatic rings. The molecular weight excluding hydrogens is 526 g/mol. The van der Waals surface area contributed by atoms with E-state index in [4.69, 9.17) is 4.84 Å². The first kappa shape index (κ1) is 26.7. The van der Waals surface area contributed by atoms with Crippen molar-refractivity contribution < 1.29 is 14.7 Å². The zero-order valence-electron chi connectivity index (χ0n) is 22.4. The van der Waals surface area contributed by atoms with Crippen LogP contribution in [-0.4, -0.2) is 63.7 Å². The highest BCUT2D eigenvalue weighted by Crippen LogP contribution is 2.35. The average molecular weight is 556 g/mol. The van der Waals surface area contributed by atoms with E-state index in [-0.39, 0.29) is 36.6 Å². The number of nitrogens with zero attached hydrogens (tertiary/aromatic N) is 6. The topological polar surface area (TPSA) is 157 Å². The standard InChI is InChI=1S/C25H29N7O6S/c1-12(2)31-22-19(20(33)29(6)24(31)36)18(21(34)30-10-25(5,37)11-38-30)16(39-22)9-15-13(3)28-32(14(15)4)17-7-8-26-23(35)27-17/h7-8,12,37H,9-11H2,1-6H3,(H,26,27,35)/t25-/m0/s1. The first-order valence-electron chi connectivity index (χ1n) is 12.4. The van der Waals surface area contributed by atoms with Gasteiger partial charge in [0.05, 0.1) is 23.2 Å². The van der Waals surface area contributed by atoms with Gasteiger partial charge in [-0.05, 0) is 40.7 Å². The molecular formula is C25H29N7O6S. The molecule has 0 aliphatic carbocycles. The summed E-state index contributed by atoms with van der Waals surface area (Å²) in [6, 6.07) is 1.35. The highest BCUT2D eigenvalue weighted by molar-refractivity contribution is 7.19. The number of fused-ring (bicyclic) bond motifs is 1. The third-order valence-corrected chi connectivity index (χ3v) is 8.02. The van der Waals surface area contributed by atoms with Gasteiger partial charge in [-0.1, -0.05) is 0 Å². The maximum atomic E-state index is 13.9. The summed E-state index contributed by atoms with van der Waals surface area (Å²) in [7, 11) is 1.39. The number of H-pyrrole nitrogens is 1. The number of carbonyl (C=O) groups is 1. The molecule has 0 unspecified atom stereocenters. The van der Waals surface area contributed by atoms with Crippen molar-refractivity contribution in [2.75, 3.05) is 13.2 Å². The minimum absolute atomic E-state index is 0.0695. The Morgan fingerprint density at radius 1 is 1.28 bits per heavy atom. The lowest BCUT2D eigenvalue weighted by atomic mass is 10.0. The van der Waals surface area contributed by atoms with E-state index in [1.807, 2.05) is 27.7 Å². The molecule has 0 radical (unpaired) electrons. The summed E-state index contributed by atoms with van der Waals surface area (Å²) in [4.78, 5) is 64.9. The van der Waals surface area contributed by atoms with Crippen LogP contribution in [0, 0.1) is 13.8 Å². The minimum Gasteiger partial charge on any atom is -0.386 e. The molecule has 1 aliphatic heterocycles. The van der Waals surface area contributed by atoms with Gasteiger partial charge >= 0.3 is 11.4 Å². The zero-order chi connectivity index (χ0) is 28.4. The fourth-order valence-corrected chi connectivity index (χ4v) is 6.24. The molecule has 0 spiro atoms. The van der Waals surface area contributed by atoms with Gasteiger partial charge in [0.1, 0.15) is 22.9 Å². The maximum absolute atomic E-state index is 13.9. The third-order valence-electron chi connectivity index (χ3n) is 6.83. The molecule has 13 nitrogen and oxygen atoms in total. The molecule has 5 rings (SSSR count). The van der Waals surface area contributed by atoms with Crippen molar-refractivity contribution in [3.63, 3.8) is 0 Å². The quantitative estimate of drug-likeness (QED) is 0.369. The van der Waals surface area contributed by atoms with Crippen molar-refractivity contribution in [1.82, 2.24) is 33.9 Å². The van der Waals surface area contributed by atoms with E-state index in [2.05, 4.69) is 15.1 Å². The Morgan fingerprint density at radius 2 is 2.00 bits per heavy atom. The van der Waals surface area contributed by atoms with Gasteiger partial charge in [-0.3, -0.25) is 28.5 Å². The fourth-order valence-electron chi connectivity index (χ4n) is 4.82. The monoisotopic (exact) mass is 555 g/mol. The van der Waals surface area contributed by atoms with Crippen molar-refractivity contribution in [2.24, 2.45) is 7.05 Å². The van der Waals surface area contributed by atoms with E-state index in [1.165, 1.54) is 29.1 Å². The van der Waals surface area contributed by atoms with Crippen molar-refractivity contribution in [3.05, 3.63) is 71.0 Å². The summed E-state index contributed by atoms with van der Waals surface area (Å²) in [6.45, 7) is 8.75. The van der Waals surface area contributed by atoms with Gasteiger partial charge < -0.3 is 5.11 Å². The average Bonchev–Trinajstić information content (AvgIpc) is 3.51. The summed E-state index contributed by atoms with van der Waals surface area (Å²) in [5.74, 6) is -0.133. The summed E-state index contributed by atoms with van der Waals surface area (Å²) >= 11 is 1.20. The molecule has 1 atom stereocenters. The van der Waals surface area contributed by atoms with Crippen LogP contribution >= 0.6 is 11.3 Å². The predicted octanol–water partition coefficient (Wildman–Crippen LogP) is 0.958. The van der Waals surface area contributed by atoms with Crippen LogP contribution in [0.25, 0.3) is 16.0 Å². The first-order chi connectivity index (χ1) is 18.3. The number of hydroxylamine groups is 2. The number of aromatic amines is 1. The minimum atomic E-state index is -1.23. The lowest BCUT2D eigenvalue weighted by molar-refractivity contribution is -0.0796. The Hall–Kier alpha value is -3.88. The molecule has 0 bridgehead atoms. The van der Waals surface area contributed by atoms with Gasteiger partial charge in [-0.2, -0.15) is 5.10 Å². The number of hydrogen-bond donors (Lipinski definition) is 2. The summed E-state index contributed by atoms with van der Waals surface area (Å²) in [6.07, 6.45) is 1.62. The number of β-amino-alcohol motifs (C(OH)–C–C–N with tert-alkyl or cyclic N) is 1. The van der Waals surface area contributed by atoms with Crippen molar-refractivity contribution in [3.8, 4) is 5.82 Å². The van der Waals surface area contributed by atoms with E-state index in [0.717, 1.165) is 20.9 Å². The maximum Gasteiger partial charge on any atom is 0.346 e. The van der Waals surface area contributed by atoms with E-state index >= 15 is 0 Å². The molecule has 2 N–H and O–H groups in total. The molecule has 4 aromatic rings. The zero-order valence-corrected chi connectivity index (χ0v) is 23.2. The number of carbonyl (C=O) groups excluding carboxylic acids is 1. The second-order valence-corrected chi connectivity index (χ2v) is 11.4. The molecule has 206 valence electrons.